The Morgan fingerprint density at radius 1 is 0.250 bits per heavy atom. The first-order valence-electron chi connectivity index (χ1n) is 17.9. The highest BCUT2D eigenvalue weighted by molar-refractivity contribution is 6.19. The zero-order valence-corrected chi connectivity index (χ0v) is 28.5. The molecule has 2 nitrogen and oxygen atoms in total. The van der Waals surface area contributed by atoms with E-state index in [9.17, 15) is 0 Å². The van der Waals surface area contributed by atoms with Crippen molar-refractivity contribution in [1.29, 1.82) is 0 Å². The van der Waals surface area contributed by atoms with Crippen molar-refractivity contribution < 1.29 is 0 Å². The summed E-state index contributed by atoms with van der Waals surface area (Å²) >= 11 is 0. The van der Waals surface area contributed by atoms with E-state index in [2.05, 4.69) is 216 Å². The Kier molecular flexibility index (Phi) is 7.18. The van der Waals surface area contributed by atoms with Crippen LogP contribution in [0.25, 0.3) is 54.9 Å². The van der Waals surface area contributed by atoms with Crippen molar-refractivity contribution >= 4 is 55.7 Å². The van der Waals surface area contributed by atoms with Crippen molar-refractivity contribution in [2.45, 2.75) is 0 Å². The molecule has 0 saturated heterocycles. The Balaban J connectivity index is 1.03. The Morgan fingerprint density at radius 3 is 1.29 bits per heavy atom. The molecular formula is C50H34N2. The third-order valence-electron chi connectivity index (χ3n) is 10.4. The largest absolute Gasteiger partial charge is 0.310 e. The summed E-state index contributed by atoms with van der Waals surface area (Å²) in [6.45, 7) is 0. The molecule has 1 aliphatic rings. The number of fused-ring (bicyclic) bond motifs is 4. The molecular weight excluding hydrogens is 629 g/mol. The average molecular weight is 663 g/mol. The Morgan fingerprint density at radius 2 is 0.673 bits per heavy atom. The van der Waals surface area contributed by atoms with Crippen LogP contribution in [-0.4, -0.2) is 0 Å². The molecule has 0 N–H and O–H groups in total. The fraction of sp³-hybridized carbons (Fsp3) is 0. The number of benzene rings is 9. The van der Waals surface area contributed by atoms with Gasteiger partial charge in [0.2, 0.25) is 0 Å². The minimum atomic E-state index is 1.12. The van der Waals surface area contributed by atoms with Gasteiger partial charge in [-0.2, -0.15) is 0 Å². The van der Waals surface area contributed by atoms with Gasteiger partial charge < -0.3 is 9.80 Å². The highest BCUT2D eigenvalue weighted by atomic mass is 15.1. The second-order valence-electron chi connectivity index (χ2n) is 13.3. The molecule has 0 aliphatic heterocycles. The third kappa shape index (κ3) is 4.96. The van der Waals surface area contributed by atoms with Crippen LogP contribution in [0, 0.1) is 0 Å². The molecule has 0 aromatic heterocycles. The number of nitrogens with zero attached hydrogens (tertiary/aromatic N) is 2. The first kappa shape index (κ1) is 30.0. The van der Waals surface area contributed by atoms with Crippen LogP contribution in [0.1, 0.15) is 0 Å². The van der Waals surface area contributed by atoms with Crippen molar-refractivity contribution in [2.75, 3.05) is 9.80 Å². The predicted molar refractivity (Wildman–Crippen MR) is 221 cm³/mol. The SMILES string of the molecule is c1ccc(N(c2ccc(-c3ccc(N(c4ccccc4)c4ccc5c6c(cccc46)-c4ccccc4-5)cc3)cc2)c2cccc3ccccc23)cc1. The lowest BCUT2D eigenvalue weighted by Crippen LogP contribution is -2.10. The smallest absolute Gasteiger partial charge is 0.0540 e. The van der Waals surface area contributed by atoms with Crippen molar-refractivity contribution in [1.82, 2.24) is 0 Å². The highest BCUT2D eigenvalue weighted by Gasteiger charge is 2.24. The van der Waals surface area contributed by atoms with Gasteiger partial charge in [-0.15, -0.1) is 0 Å². The van der Waals surface area contributed by atoms with Crippen LogP contribution in [0.3, 0.4) is 0 Å². The molecule has 9 aromatic carbocycles. The van der Waals surface area contributed by atoms with Gasteiger partial charge >= 0.3 is 0 Å². The van der Waals surface area contributed by atoms with Crippen LogP contribution >= 0.6 is 0 Å². The maximum Gasteiger partial charge on any atom is 0.0540 e. The summed E-state index contributed by atoms with van der Waals surface area (Å²) in [5.41, 5.74) is 14.4. The van der Waals surface area contributed by atoms with Crippen LogP contribution in [-0.2, 0) is 0 Å². The molecule has 0 spiro atoms. The summed E-state index contributed by atoms with van der Waals surface area (Å²) in [5.74, 6) is 0. The Labute approximate surface area is 304 Å². The fourth-order valence-corrected chi connectivity index (χ4v) is 8.01. The molecule has 0 unspecified atom stereocenters. The van der Waals surface area contributed by atoms with Gasteiger partial charge in [0.1, 0.15) is 0 Å². The minimum Gasteiger partial charge on any atom is -0.310 e. The average Bonchev–Trinajstić information content (AvgIpc) is 3.55. The van der Waals surface area contributed by atoms with E-state index in [1.807, 2.05) is 0 Å². The molecule has 0 amide bonds. The van der Waals surface area contributed by atoms with Gasteiger partial charge in [0.05, 0.1) is 11.4 Å². The zero-order chi connectivity index (χ0) is 34.4. The van der Waals surface area contributed by atoms with E-state index < -0.39 is 0 Å². The number of hydrogen-bond donors (Lipinski definition) is 0. The lowest BCUT2D eigenvalue weighted by atomic mass is 9.99. The monoisotopic (exact) mass is 662 g/mol. The summed E-state index contributed by atoms with van der Waals surface area (Å²) in [5, 5.41) is 5.03. The van der Waals surface area contributed by atoms with Crippen molar-refractivity contribution in [3.63, 3.8) is 0 Å². The standard InChI is InChI=1S/C50H34N2/c1-3-15-38(16-4-1)51(48-24-11-14-37-13-7-8-19-42(37)48)40-29-25-35(26-30-40)36-27-31-41(32-28-36)52(39-17-5-2-6-18-39)49-34-33-46-44-21-10-9-20-43(44)45-22-12-23-47(49)50(45)46/h1-34H. The fourth-order valence-electron chi connectivity index (χ4n) is 8.01. The lowest BCUT2D eigenvalue weighted by molar-refractivity contribution is 1.29. The van der Waals surface area contributed by atoms with Gasteiger partial charge in [0.25, 0.3) is 0 Å². The molecule has 0 saturated carbocycles. The van der Waals surface area contributed by atoms with Gasteiger partial charge in [0, 0.05) is 33.5 Å². The molecule has 1 aliphatic carbocycles. The molecule has 10 rings (SSSR count). The van der Waals surface area contributed by atoms with Gasteiger partial charge in [-0.25, -0.2) is 0 Å². The molecule has 52 heavy (non-hydrogen) atoms. The Hall–Kier alpha value is -6.90. The molecule has 0 heterocycles. The molecule has 2 heteroatoms. The van der Waals surface area contributed by atoms with Crippen LogP contribution < -0.4 is 9.80 Å². The third-order valence-corrected chi connectivity index (χ3v) is 10.4. The first-order chi connectivity index (χ1) is 25.8. The van der Waals surface area contributed by atoms with E-state index in [0.29, 0.717) is 0 Å². The summed E-state index contributed by atoms with van der Waals surface area (Å²) in [7, 11) is 0. The van der Waals surface area contributed by atoms with Crippen LogP contribution in [0.4, 0.5) is 34.1 Å². The molecule has 0 fully saturated rings. The van der Waals surface area contributed by atoms with E-state index in [0.717, 1.165) is 28.4 Å². The van der Waals surface area contributed by atoms with Gasteiger partial charge in [-0.1, -0.05) is 146 Å². The normalized spacial score (nSPS) is 11.5. The number of rotatable bonds is 7. The Bertz CT molecular complexity index is 2680. The first-order valence-corrected chi connectivity index (χ1v) is 17.9. The molecule has 0 radical (unpaired) electrons. The molecule has 9 aromatic rings. The van der Waals surface area contributed by atoms with Crippen molar-refractivity contribution in [2.24, 2.45) is 0 Å². The van der Waals surface area contributed by atoms with Crippen LogP contribution in [0.15, 0.2) is 206 Å². The highest BCUT2D eigenvalue weighted by Crippen LogP contribution is 2.51. The summed E-state index contributed by atoms with van der Waals surface area (Å²) in [6, 6.07) is 74.5. The van der Waals surface area contributed by atoms with E-state index in [-0.39, 0.29) is 0 Å². The van der Waals surface area contributed by atoms with E-state index >= 15 is 0 Å². The maximum atomic E-state index is 2.39. The van der Waals surface area contributed by atoms with E-state index in [4.69, 9.17) is 0 Å². The lowest BCUT2D eigenvalue weighted by Gasteiger charge is -2.27. The molecule has 0 atom stereocenters. The maximum absolute atomic E-state index is 2.39. The summed E-state index contributed by atoms with van der Waals surface area (Å²) < 4.78 is 0. The minimum absolute atomic E-state index is 1.12. The van der Waals surface area contributed by atoms with Crippen LogP contribution in [0.2, 0.25) is 0 Å². The molecule has 0 bridgehead atoms. The van der Waals surface area contributed by atoms with E-state index in [1.165, 1.54) is 60.6 Å². The van der Waals surface area contributed by atoms with Crippen molar-refractivity contribution in [3.8, 4) is 33.4 Å². The summed E-state index contributed by atoms with van der Waals surface area (Å²) in [6.07, 6.45) is 0. The quantitative estimate of drug-likeness (QED) is 0.168. The summed E-state index contributed by atoms with van der Waals surface area (Å²) in [4.78, 5) is 4.74. The molecule has 244 valence electrons. The van der Waals surface area contributed by atoms with Gasteiger partial charge in [0.15, 0.2) is 0 Å². The second-order valence-corrected chi connectivity index (χ2v) is 13.3. The number of hydrogen-bond acceptors (Lipinski definition) is 2. The second kappa shape index (κ2) is 12.5. The number of anilines is 6. The van der Waals surface area contributed by atoms with Crippen molar-refractivity contribution in [3.05, 3.63) is 206 Å². The van der Waals surface area contributed by atoms with Gasteiger partial charge in [-0.3, -0.25) is 0 Å². The zero-order valence-electron chi connectivity index (χ0n) is 28.5. The number of para-hydroxylation sites is 2. The van der Waals surface area contributed by atoms with Crippen LogP contribution in [0.5, 0.6) is 0 Å². The van der Waals surface area contributed by atoms with E-state index in [1.54, 1.807) is 0 Å². The topological polar surface area (TPSA) is 6.48 Å². The van der Waals surface area contributed by atoms with Gasteiger partial charge in [-0.05, 0) is 105 Å². The predicted octanol–water partition coefficient (Wildman–Crippen LogP) is 14.2.